The Morgan fingerprint density at radius 2 is 1.97 bits per heavy atom. The first-order valence-corrected chi connectivity index (χ1v) is 10.4. The van der Waals surface area contributed by atoms with E-state index in [1.54, 1.807) is 12.0 Å². The fourth-order valence-corrected chi connectivity index (χ4v) is 4.74. The molecule has 0 aliphatic carbocycles. The molecular formula is C24H25N3O3. The maximum absolute atomic E-state index is 13.0. The van der Waals surface area contributed by atoms with Gasteiger partial charge in [-0.05, 0) is 36.1 Å². The van der Waals surface area contributed by atoms with Crippen molar-refractivity contribution in [2.45, 2.75) is 37.9 Å². The fourth-order valence-electron chi connectivity index (χ4n) is 4.74. The van der Waals surface area contributed by atoms with Gasteiger partial charge >= 0.3 is 0 Å². The van der Waals surface area contributed by atoms with Gasteiger partial charge in [0.05, 0.1) is 12.6 Å². The van der Waals surface area contributed by atoms with Crippen LogP contribution in [0.1, 0.15) is 24.0 Å². The molecule has 0 radical (unpaired) electrons. The monoisotopic (exact) mass is 403 g/mol. The average Bonchev–Trinajstić information content (AvgIpc) is 3.39. The van der Waals surface area contributed by atoms with Crippen LogP contribution >= 0.6 is 0 Å². The molecular weight excluding hydrogens is 378 g/mol. The summed E-state index contributed by atoms with van der Waals surface area (Å²) < 4.78 is 7.62. The molecule has 2 fully saturated rings. The third-order valence-electron chi connectivity index (χ3n) is 6.24. The zero-order valence-corrected chi connectivity index (χ0v) is 17.0. The highest BCUT2D eigenvalue weighted by atomic mass is 16.5. The van der Waals surface area contributed by atoms with E-state index in [0.717, 1.165) is 41.6 Å². The van der Waals surface area contributed by atoms with E-state index in [0.29, 0.717) is 13.0 Å². The second kappa shape index (κ2) is 7.52. The Morgan fingerprint density at radius 1 is 1.13 bits per heavy atom. The molecule has 2 amide bonds. The first-order chi connectivity index (χ1) is 14.6. The summed E-state index contributed by atoms with van der Waals surface area (Å²) in [6.45, 7) is 1.41. The van der Waals surface area contributed by atoms with Crippen LogP contribution in [0.5, 0.6) is 5.75 Å². The number of carbonyl (C=O) groups excluding carboxylic acids is 2. The highest BCUT2D eigenvalue weighted by Gasteiger charge is 2.43. The number of hydrogen-bond donors (Lipinski definition) is 1. The number of nitrogens with zero attached hydrogens (tertiary/aromatic N) is 2. The molecule has 0 saturated carbocycles. The second-order valence-electron chi connectivity index (χ2n) is 8.11. The third kappa shape index (κ3) is 3.22. The number of aromatic nitrogens is 1. The summed E-state index contributed by atoms with van der Waals surface area (Å²) in [5.41, 5.74) is 3.31. The van der Waals surface area contributed by atoms with E-state index in [1.165, 1.54) is 5.56 Å². The van der Waals surface area contributed by atoms with Crippen LogP contribution in [0.2, 0.25) is 0 Å². The van der Waals surface area contributed by atoms with E-state index in [-0.39, 0.29) is 17.9 Å². The Balaban J connectivity index is 1.49. The van der Waals surface area contributed by atoms with Crippen molar-refractivity contribution in [1.82, 2.24) is 14.8 Å². The van der Waals surface area contributed by atoms with E-state index in [4.69, 9.17) is 4.74 Å². The molecule has 3 aromatic rings. The number of fused-ring (bicyclic) bond motifs is 2. The lowest BCUT2D eigenvalue weighted by Gasteiger charge is -2.34. The molecule has 1 N–H and O–H groups in total. The Kier molecular flexibility index (Phi) is 4.69. The second-order valence-corrected chi connectivity index (χ2v) is 8.11. The van der Waals surface area contributed by atoms with Crippen molar-refractivity contribution in [3.05, 3.63) is 65.9 Å². The summed E-state index contributed by atoms with van der Waals surface area (Å²) >= 11 is 0. The largest absolute Gasteiger partial charge is 0.497 e. The molecule has 0 unspecified atom stereocenters. The van der Waals surface area contributed by atoms with Gasteiger partial charge in [0.25, 0.3) is 0 Å². The summed E-state index contributed by atoms with van der Waals surface area (Å²) in [6.07, 6.45) is 4.25. The van der Waals surface area contributed by atoms with E-state index in [9.17, 15) is 9.59 Å². The molecule has 30 heavy (non-hydrogen) atoms. The number of benzene rings is 2. The lowest BCUT2D eigenvalue weighted by molar-refractivity contribution is -0.146. The smallest absolute Gasteiger partial charge is 0.246 e. The third-order valence-corrected chi connectivity index (χ3v) is 6.24. The van der Waals surface area contributed by atoms with Gasteiger partial charge in [0, 0.05) is 37.2 Å². The van der Waals surface area contributed by atoms with Crippen LogP contribution in [-0.4, -0.2) is 47.0 Å². The van der Waals surface area contributed by atoms with Gasteiger partial charge in [0.2, 0.25) is 11.8 Å². The zero-order chi connectivity index (χ0) is 20.7. The molecule has 6 nitrogen and oxygen atoms in total. The highest BCUT2D eigenvalue weighted by molar-refractivity contribution is 5.98. The SMILES string of the molecule is COc1ccc2c(C[C@@H]3NC(=O)[C@@H]4CCCN4C3=O)cn(Cc3ccccc3)c2c1. The van der Waals surface area contributed by atoms with Gasteiger partial charge in [-0.2, -0.15) is 0 Å². The zero-order valence-electron chi connectivity index (χ0n) is 17.0. The molecule has 5 rings (SSSR count). The number of piperazine rings is 1. The van der Waals surface area contributed by atoms with Crippen molar-refractivity contribution < 1.29 is 14.3 Å². The topological polar surface area (TPSA) is 63.6 Å². The molecule has 1 aromatic heterocycles. The molecule has 6 heteroatoms. The fraction of sp³-hybridized carbons (Fsp3) is 0.333. The van der Waals surface area contributed by atoms with E-state index < -0.39 is 6.04 Å². The molecule has 3 heterocycles. The maximum Gasteiger partial charge on any atom is 0.246 e. The van der Waals surface area contributed by atoms with Gasteiger partial charge in [-0.1, -0.05) is 30.3 Å². The standard InChI is InChI=1S/C24H25N3O3/c1-30-18-9-10-19-17(12-20-24(29)27-11-5-8-21(27)23(28)25-20)15-26(22(19)13-18)14-16-6-3-2-4-7-16/h2-4,6-7,9-10,13,15,20-21H,5,8,11-12,14H2,1H3,(H,25,28)/t20-,21-/m0/s1. The molecule has 2 saturated heterocycles. The normalized spacial score (nSPS) is 21.0. The maximum atomic E-state index is 13.0. The lowest BCUT2D eigenvalue weighted by Crippen LogP contribution is -2.61. The molecule has 0 spiro atoms. The summed E-state index contributed by atoms with van der Waals surface area (Å²) in [7, 11) is 1.66. The average molecular weight is 403 g/mol. The van der Waals surface area contributed by atoms with Crippen LogP contribution < -0.4 is 10.1 Å². The van der Waals surface area contributed by atoms with Crippen LogP contribution in [0.3, 0.4) is 0 Å². The van der Waals surface area contributed by atoms with Gasteiger partial charge in [-0.15, -0.1) is 0 Å². The van der Waals surface area contributed by atoms with Crippen molar-refractivity contribution >= 4 is 22.7 Å². The van der Waals surface area contributed by atoms with E-state index >= 15 is 0 Å². The number of rotatable bonds is 5. The van der Waals surface area contributed by atoms with Gasteiger partial charge < -0.3 is 19.5 Å². The van der Waals surface area contributed by atoms with Crippen molar-refractivity contribution in [2.75, 3.05) is 13.7 Å². The predicted molar refractivity (Wildman–Crippen MR) is 114 cm³/mol. The van der Waals surface area contributed by atoms with Crippen LogP contribution in [0.15, 0.2) is 54.7 Å². The van der Waals surface area contributed by atoms with Crippen molar-refractivity contribution in [3.8, 4) is 5.75 Å². The molecule has 2 aromatic carbocycles. The Bertz CT molecular complexity index is 1110. The van der Waals surface area contributed by atoms with Gasteiger partial charge in [-0.3, -0.25) is 9.59 Å². The Morgan fingerprint density at radius 3 is 2.77 bits per heavy atom. The summed E-state index contributed by atoms with van der Waals surface area (Å²) in [5, 5.41) is 4.05. The first kappa shape index (κ1) is 18.7. The summed E-state index contributed by atoms with van der Waals surface area (Å²) in [4.78, 5) is 27.2. The number of amides is 2. The van der Waals surface area contributed by atoms with E-state index in [1.807, 2.05) is 36.4 Å². The number of nitrogens with one attached hydrogen (secondary N) is 1. The van der Waals surface area contributed by atoms with Crippen molar-refractivity contribution in [1.29, 1.82) is 0 Å². The molecule has 2 atom stereocenters. The first-order valence-electron chi connectivity index (χ1n) is 10.4. The summed E-state index contributed by atoms with van der Waals surface area (Å²) in [6, 6.07) is 15.5. The number of hydrogen-bond acceptors (Lipinski definition) is 3. The minimum atomic E-state index is -0.510. The van der Waals surface area contributed by atoms with Crippen molar-refractivity contribution in [3.63, 3.8) is 0 Å². The molecule has 0 bridgehead atoms. The molecule has 2 aliphatic rings. The van der Waals surface area contributed by atoms with E-state index in [2.05, 4.69) is 28.2 Å². The number of methoxy groups -OCH3 is 1. The van der Waals surface area contributed by atoms with Crippen LogP contribution in [-0.2, 0) is 22.6 Å². The van der Waals surface area contributed by atoms with Crippen molar-refractivity contribution in [2.24, 2.45) is 0 Å². The predicted octanol–water partition coefficient (Wildman–Crippen LogP) is 2.73. The minimum absolute atomic E-state index is 0.0215. The van der Waals surface area contributed by atoms with Gasteiger partial charge in [0.1, 0.15) is 17.8 Å². The van der Waals surface area contributed by atoms with Gasteiger partial charge in [-0.25, -0.2) is 0 Å². The quantitative estimate of drug-likeness (QED) is 0.713. The minimum Gasteiger partial charge on any atom is -0.497 e. The van der Waals surface area contributed by atoms with Gasteiger partial charge in [0.15, 0.2) is 0 Å². The molecule has 2 aliphatic heterocycles. The number of carbonyl (C=O) groups is 2. The Labute approximate surface area is 175 Å². The van der Waals surface area contributed by atoms with Crippen LogP contribution in [0, 0.1) is 0 Å². The Hall–Kier alpha value is -3.28. The number of ether oxygens (including phenoxy) is 1. The molecule has 154 valence electrons. The summed E-state index contributed by atoms with van der Waals surface area (Å²) in [5.74, 6) is 0.810. The lowest BCUT2D eigenvalue weighted by atomic mass is 10.0. The van der Waals surface area contributed by atoms with Crippen LogP contribution in [0.4, 0.5) is 0 Å². The van der Waals surface area contributed by atoms with Crippen LogP contribution in [0.25, 0.3) is 10.9 Å². The highest BCUT2D eigenvalue weighted by Crippen LogP contribution is 2.29.